The Bertz CT molecular complexity index is 295. The third kappa shape index (κ3) is 8.11. The molecule has 4 unspecified atom stereocenters. The van der Waals surface area contributed by atoms with Gasteiger partial charge >= 0.3 is 17.1 Å². The molecule has 0 aliphatic heterocycles. The van der Waals surface area contributed by atoms with Crippen molar-refractivity contribution in [3.05, 3.63) is 24.6 Å². The zero-order valence-corrected chi connectivity index (χ0v) is 16.8. The van der Waals surface area contributed by atoms with Crippen LogP contribution in [-0.2, 0) is 13.0 Å². The highest BCUT2D eigenvalue weighted by Crippen LogP contribution is 2.23. The Hall–Kier alpha value is -0.206. The van der Waals surface area contributed by atoms with Crippen molar-refractivity contribution in [3.8, 4) is 0 Å². The summed E-state index contributed by atoms with van der Waals surface area (Å²) in [5.74, 6) is 0. The molecule has 5 heteroatoms. The number of hydrogen-bond acceptors (Lipinski definition) is 3. The van der Waals surface area contributed by atoms with Crippen LogP contribution in [0.15, 0.2) is 24.6 Å². The summed E-state index contributed by atoms with van der Waals surface area (Å²) in [7, 11) is -4.88. The van der Waals surface area contributed by atoms with Gasteiger partial charge in [0, 0.05) is 12.2 Å². The van der Waals surface area contributed by atoms with Gasteiger partial charge < -0.3 is 13.0 Å². The molecule has 3 nitrogen and oxygen atoms in total. The molecular weight excluding hydrogens is 296 g/mol. The van der Waals surface area contributed by atoms with Gasteiger partial charge in [-0.1, -0.05) is 38.1 Å². The minimum absolute atomic E-state index is 0.181. The summed E-state index contributed by atoms with van der Waals surface area (Å²) in [4.78, 5) is 0. The van der Waals surface area contributed by atoms with Gasteiger partial charge in [-0.25, -0.2) is 0 Å². The summed E-state index contributed by atoms with van der Waals surface area (Å²) in [5, 5.41) is 0. The van der Waals surface area contributed by atoms with E-state index in [1.165, 1.54) is 0 Å². The molecule has 0 saturated heterocycles. The second-order valence-electron chi connectivity index (χ2n) is 5.98. The third-order valence-corrected chi connectivity index (χ3v) is 9.87. The van der Waals surface area contributed by atoms with Crippen LogP contribution in [0.5, 0.6) is 0 Å². The lowest BCUT2D eigenvalue weighted by molar-refractivity contribution is 0.128. The monoisotopic (exact) mass is 330 g/mol. The molecule has 0 aromatic carbocycles. The fraction of sp³-hybridized carbons (Fsp3) is 0.750. The lowest BCUT2D eigenvalue weighted by atomic mass is 10.2. The number of rotatable bonds is 12. The van der Waals surface area contributed by atoms with Crippen LogP contribution in [0.1, 0.15) is 53.4 Å². The minimum Gasteiger partial charge on any atom is -0.409 e. The molecule has 0 rings (SSSR count). The van der Waals surface area contributed by atoms with E-state index < -0.39 is 17.1 Å². The first-order chi connectivity index (χ1) is 9.74. The van der Waals surface area contributed by atoms with Gasteiger partial charge in [-0.3, -0.25) is 0 Å². The Balaban J connectivity index is 4.86. The van der Waals surface area contributed by atoms with Crippen molar-refractivity contribution in [2.75, 3.05) is 0 Å². The van der Waals surface area contributed by atoms with Crippen molar-refractivity contribution in [2.45, 2.75) is 78.7 Å². The maximum atomic E-state index is 6.36. The first kappa shape index (κ1) is 20.8. The van der Waals surface area contributed by atoms with Crippen molar-refractivity contribution in [1.82, 2.24) is 0 Å². The van der Waals surface area contributed by atoms with Crippen LogP contribution < -0.4 is 0 Å². The summed E-state index contributed by atoms with van der Waals surface area (Å²) in [6, 6.07) is 0. The average Bonchev–Trinajstić information content (AvgIpc) is 2.38. The van der Waals surface area contributed by atoms with Crippen LogP contribution in [0, 0.1) is 0 Å². The lowest BCUT2D eigenvalue weighted by Gasteiger charge is -2.36. The van der Waals surface area contributed by atoms with Gasteiger partial charge in [0.1, 0.15) is 0 Å². The first-order valence-electron chi connectivity index (χ1n) is 8.07. The zero-order valence-electron chi connectivity index (χ0n) is 14.8. The van der Waals surface area contributed by atoms with Crippen LogP contribution in [0.2, 0.25) is 13.1 Å². The Morgan fingerprint density at radius 3 is 1.43 bits per heavy atom. The summed E-state index contributed by atoms with van der Waals surface area (Å²) in [6.07, 6.45) is 4.62. The molecule has 0 amide bonds. The molecule has 124 valence electrons. The predicted octanol–water partition coefficient (Wildman–Crippen LogP) is 5.01. The molecule has 0 aromatic heterocycles. The molecule has 0 spiro atoms. The Kier molecular flexibility index (Phi) is 9.64. The quantitative estimate of drug-likeness (QED) is 0.471. The van der Waals surface area contributed by atoms with Gasteiger partial charge in [-0.15, -0.1) is 13.2 Å². The van der Waals surface area contributed by atoms with Crippen molar-refractivity contribution in [1.29, 1.82) is 0 Å². The smallest absolute Gasteiger partial charge is 0.352 e. The minimum atomic E-state index is -2.44. The van der Waals surface area contributed by atoms with E-state index in [4.69, 9.17) is 13.0 Å². The first-order valence-corrected chi connectivity index (χ1v) is 12.9. The molecule has 0 radical (unpaired) electrons. The molecule has 0 saturated carbocycles. The summed E-state index contributed by atoms with van der Waals surface area (Å²) in [5.41, 5.74) is 3.70. The maximum absolute atomic E-state index is 6.36. The summed E-state index contributed by atoms with van der Waals surface area (Å²) < 4.78 is 18.7. The fourth-order valence-electron chi connectivity index (χ4n) is 2.36. The van der Waals surface area contributed by atoms with E-state index in [9.17, 15) is 0 Å². The van der Waals surface area contributed by atoms with Gasteiger partial charge in [-0.2, -0.15) is 0 Å². The highest BCUT2D eigenvalue weighted by atomic mass is 28.5. The fourth-order valence-corrected chi connectivity index (χ4v) is 8.66. The molecule has 0 aromatic rings. The Morgan fingerprint density at radius 1 is 0.857 bits per heavy atom. The van der Waals surface area contributed by atoms with E-state index in [0.717, 1.165) is 25.7 Å². The highest BCUT2D eigenvalue weighted by molar-refractivity contribution is 6.84. The normalized spacial score (nSPS) is 20.1. The zero-order chi connectivity index (χ0) is 16.5. The van der Waals surface area contributed by atoms with Crippen LogP contribution in [0.3, 0.4) is 0 Å². The van der Waals surface area contributed by atoms with E-state index in [-0.39, 0.29) is 12.2 Å². The molecular formula is C16H34O3Si2. The van der Waals surface area contributed by atoms with Crippen molar-refractivity contribution in [2.24, 2.45) is 0 Å². The molecule has 0 aliphatic rings. The van der Waals surface area contributed by atoms with Gasteiger partial charge in [0.05, 0.1) is 0 Å². The Labute approximate surface area is 133 Å². The SMILES string of the molecule is C=C[Si](C)(OC(C)CCC)O[Si](C)(C=C)OC(C)CCC. The topological polar surface area (TPSA) is 27.7 Å². The molecule has 4 atom stereocenters. The maximum Gasteiger partial charge on any atom is 0.352 e. The second-order valence-corrected chi connectivity index (χ2v) is 12.1. The van der Waals surface area contributed by atoms with Crippen molar-refractivity contribution in [3.63, 3.8) is 0 Å². The van der Waals surface area contributed by atoms with Gasteiger partial charge in [0.2, 0.25) is 0 Å². The van der Waals surface area contributed by atoms with Crippen LogP contribution >= 0.6 is 0 Å². The second kappa shape index (κ2) is 9.74. The standard InChI is InChI=1S/C16H34O3Si2/c1-9-13-15(5)17-20(7,11-3)19-21(8,12-4)18-16(6)14-10-2/h11-12,15-16H,3-4,9-10,13-14H2,1-2,5-8H3. The van der Waals surface area contributed by atoms with E-state index in [0.29, 0.717) is 0 Å². The highest BCUT2D eigenvalue weighted by Gasteiger charge is 2.41. The Morgan fingerprint density at radius 2 is 1.19 bits per heavy atom. The van der Waals surface area contributed by atoms with Gasteiger partial charge in [0.25, 0.3) is 0 Å². The van der Waals surface area contributed by atoms with Crippen molar-refractivity contribution < 1.29 is 13.0 Å². The molecule has 0 heterocycles. The van der Waals surface area contributed by atoms with E-state index >= 15 is 0 Å². The van der Waals surface area contributed by atoms with Gasteiger partial charge in [-0.05, 0) is 39.8 Å². The molecule has 0 bridgehead atoms. The molecule has 0 fully saturated rings. The van der Waals surface area contributed by atoms with Crippen LogP contribution in [0.4, 0.5) is 0 Å². The predicted molar refractivity (Wildman–Crippen MR) is 95.6 cm³/mol. The average molecular weight is 331 g/mol. The largest absolute Gasteiger partial charge is 0.409 e. The summed E-state index contributed by atoms with van der Waals surface area (Å²) in [6.45, 7) is 20.4. The number of hydrogen-bond donors (Lipinski definition) is 0. The van der Waals surface area contributed by atoms with Gasteiger partial charge in [0.15, 0.2) is 0 Å². The molecule has 21 heavy (non-hydrogen) atoms. The van der Waals surface area contributed by atoms with E-state index in [2.05, 4.69) is 40.9 Å². The van der Waals surface area contributed by atoms with Crippen LogP contribution in [0.25, 0.3) is 0 Å². The lowest BCUT2D eigenvalue weighted by Crippen LogP contribution is -2.52. The summed E-state index contributed by atoms with van der Waals surface area (Å²) >= 11 is 0. The van der Waals surface area contributed by atoms with E-state index in [1.807, 2.05) is 24.5 Å². The molecule has 0 aliphatic carbocycles. The molecule has 0 N–H and O–H groups in total. The van der Waals surface area contributed by atoms with E-state index in [1.54, 1.807) is 0 Å². The van der Waals surface area contributed by atoms with Crippen LogP contribution in [-0.4, -0.2) is 29.3 Å². The third-order valence-electron chi connectivity index (χ3n) is 3.41. The van der Waals surface area contributed by atoms with Crippen molar-refractivity contribution >= 4 is 17.1 Å².